The van der Waals surface area contributed by atoms with Crippen molar-refractivity contribution in [3.05, 3.63) is 29.3 Å². The summed E-state index contributed by atoms with van der Waals surface area (Å²) >= 11 is 0. The zero-order valence-corrected chi connectivity index (χ0v) is 17.7. The number of piperidine rings is 1. The summed E-state index contributed by atoms with van der Waals surface area (Å²) < 4.78 is 6.31. The molecule has 1 spiro atoms. The van der Waals surface area contributed by atoms with Crippen LogP contribution in [0.5, 0.6) is 5.75 Å². The van der Waals surface area contributed by atoms with Crippen LogP contribution in [0, 0.1) is 6.92 Å². The van der Waals surface area contributed by atoms with Crippen LogP contribution >= 0.6 is 0 Å². The molecule has 2 saturated heterocycles. The highest BCUT2D eigenvalue weighted by molar-refractivity contribution is 6.00. The lowest BCUT2D eigenvalue weighted by Gasteiger charge is -2.38. The Kier molecular flexibility index (Phi) is 5.57. The minimum atomic E-state index is -0.693. The molecule has 4 rings (SSSR count). The molecule has 1 aromatic carbocycles. The normalized spacial score (nSPS) is 26.2. The van der Waals surface area contributed by atoms with Gasteiger partial charge >= 0.3 is 0 Å². The number of ketones is 1. The molecule has 0 unspecified atom stereocenters. The number of hydrogen-bond donors (Lipinski definition) is 1. The molecule has 0 aromatic heterocycles. The maximum Gasteiger partial charge on any atom is 0.245 e. The summed E-state index contributed by atoms with van der Waals surface area (Å²) in [5.74, 6) is 0.494. The molecule has 2 fully saturated rings. The first-order valence-electron chi connectivity index (χ1n) is 10.9. The molecule has 1 aromatic rings. The number of carbonyl (C=O) groups excluding carboxylic acids is 3. The highest BCUT2D eigenvalue weighted by atomic mass is 16.5. The highest BCUT2D eigenvalue weighted by Crippen LogP contribution is 2.40. The van der Waals surface area contributed by atoms with E-state index in [9.17, 15) is 19.5 Å². The monoisotopic (exact) mass is 414 g/mol. The zero-order valence-electron chi connectivity index (χ0n) is 17.7. The van der Waals surface area contributed by atoms with E-state index in [1.165, 1.54) is 0 Å². The summed E-state index contributed by atoms with van der Waals surface area (Å²) in [7, 11) is 0. The number of likely N-dealkylation sites (tertiary alicyclic amines) is 2. The number of ether oxygens (including phenoxy) is 1. The fourth-order valence-corrected chi connectivity index (χ4v) is 4.83. The largest absolute Gasteiger partial charge is 0.486 e. The Morgan fingerprint density at radius 2 is 1.93 bits per heavy atom. The molecule has 3 heterocycles. The number of hydrogen-bond acceptors (Lipinski definition) is 5. The van der Waals surface area contributed by atoms with Crippen molar-refractivity contribution in [1.29, 1.82) is 0 Å². The molecule has 0 bridgehead atoms. The van der Waals surface area contributed by atoms with Crippen LogP contribution in [0.4, 0.5) is 0 Å². The van der Waals surface area contributed by atoms with E-state index in [4.69, 9.17) is 4.74 Å². The fraction of sp³-hybridized carbons (Fsp3) is 0.609. The predicted molar refractivity (Wildman–Crippen MR) is 110 cm³/mol. The van der Waals surface area contributed by atoms with Crippen molar-refractivity contribution in [3.8, 4) is 5.75 Å². The summed E-state index contributed by atoms with van der Waals surface area (Å²) in [6.07, 6.45) is 2.31. The van der Waals surface area contributed by atoms with E-state index >= 15 is 0 Å². The van der Waals surface area contributed by atoms with E-state index in [1.807, 2.05) is 25.1 Å². The van der Waals surface area contributed by atoms with E-state index in [1.54, 1.807) is 16.7 Å². The Labute approximate surface area is 177 Å². The number of fused-ring (bicyclic) bond motifs is 1. The van der Waals surface area contributed by atoms with E-state index in [-0.39, 0.29) is 36.5 Å². The molecule has 162 valence electrons. The zero-order chi connectivity index (χ0) is 21.5. The predicted octanol–water partition coefficient (Wildman–Crippen LogP) is 2.08. The Morgan fingerprint density at radius 3 is 2.67 bits per heavy atom. The van der Waals surface area contributed by atoms with Crippen LogP contribution in [0.25, 0.3) is 0 Å². The Morgan fingerprint density at radius 1 is 1.20 bits per heavy atom. The average molecular weight is 415 g/mol. The maximum absolute atomic E-state index is 12.9. The SMILES string of the molecule is Cc1ccc2c(c1)C(=O)C[C@]1(CCC(=O)N([C@@H](C)C(=O)N3CCC(O)CC3)CC1)O2. The van der Waals surface area contributed by atoms with Crippen LogP contribution in [0.15, 0.2) is 18.2 Å². The van der Waals surface area contributed by atoms with Gasteiger partial charge in [-0.2, -0.15) is 0 Å². The molecule has 2 atom stereocenters. The lowest BCUT2D eigenvalue weighted by atomic mass is 9.84. The van der Waals surface area contributed by atoms with Gasteiger partial charge in [-0.25, -0.2) is 0 Å². The summed E-state index contributed by atoms with van der Waals surface area (Å²) in [6.45, 7) is 5.14. The Hall–Kier alpha value is -2.41. The number of amides is 2. The molecular weight excluding hydrogens is 384 g/mol. The van der Waals surface area contributed by atoms with Gasteiger partial charge in [0.25, 0.3) is 0 Å². The number of benzene rings is 1. The summed E-state index contributed by atoms with van der Waals surface area (Å²) in [5, 5.41) is 9.68. The van der Waals surface area contributed by atoms with Crippen LogP contribution < -0.4 is 4.74 Å². The van der Waals surface area contributed by atoms with Gasteiger partial charge in [0.1, 0.15) is 17.4 Å². The first-order valence-corrected chi connectivity index (χ1v) is 10.9. The second-order valence-corrected chi connectivity index (χ2v) is 8.95. The highest BCUT2D eigenvalue weighted by Gasteiger charge is 2.44. The van der Waals surface area contributed by atoms with E-state index in [0.717, 1.165) is 5.56 Å². The van der Waals surface area contributed by atoms with E-state index in [2.05, 4.69) is 0 Å². The minimum absolute atomic E-state index is 0.0526. The Bertz CT molecular complexity index is 861. The molecule has 7 nitrogen and oxygen atoms in total. The number of rotatable bonds is 2. The van der Waals surface area contributed by atoms with Crippen molar-refractivity contribution in [2.75, 3.05) is 19.6 Å². The van der Waals surface area contributed by atoms with E-state index in [0.29, 0.717) is 56.6 Å². The number of carbonyl (C=O) groups is 3. The number of aryl methyl sites for hydroxylation is 1. The lowest BCUT2D eigenvalue weighted by molar-refractivity contribution is -0.146. The molecule has 2 amide bonds. The van der Waals surface area contributed by atoms with Gasteiger partial charge < -0.3 is 19.6 Å². The lowest BCUT2D eigenvalue weighted by Crippen LogP contribution is -2.52. The molecule has 0 saturated carbocycles. The van der Waals surface area contributed by atoms with Gasteiger partial charge in [0, 0.05) is 32.5 Å². The average Bonchev–Trinajstić information content (AvgIpc) is 2.87. The topological polar surface area (TPSA) is 87.2 Å². The smallest absolute Gasteiger partial charge is 0.245 e. The first kappa shape index (κ1) is 20.8. The second-order valence-electron chi connectivity index (χ2n) is 8.95. The number of nitrogens with zero attached hydrogens (tertiary/aromatic N) is 2. The van der Waals surface area contributed by atoms with Gasteiger partial charge in [-0.05, 0) is 45.2 Å². The molecule has 3 aliphatic heterocycles. The number of Topliss-reactive ketones (excluding diaryl/α,β-unsaturated/α-hetero) is 1. The van der Waals surface area contributed by atoms with Crippen LogP contribution in [0.1, 0.15) is 61.4 Å². The maximum atomic E-state index is 12.9. The third-order valence-corrected chi connectivity index (χ3v) is 6.77. The van der Waals surface area contributed by atoms with Gasteiger partial charge in [-0.1, -0.05) is 11.6 Å². The van der Waals surface area contributed by atoms with Crippen molar-refractivity contribution in [1.82, 2.24) is 9.80 Å². The van der Waals surface area contributed by atoms with Gasteiger partial charge in [0.15, 0.2) is 5.78 Å². The van der Waals surface area contributed by atoms with Crippen molar-refractivity contribution in [2.24, 2.45) is 0 Å². The standard InChI is InChI=1S/C23H30N2O5/c1-15-3-4-20-18(13-15)19(27)14-23(30-20)8-5-21(28)25(12-9-23)16(2)22(29)24-10-6-17(26)7-11-24/h3-4,13,16-17,26H,5-12,14H2,1-2H3/t16-,23+/m0/s1. The minimum Gasteiger partial charge on any atom is -0.486 e. The molecule has 30 heavy (non-hydrogen) atoms. The molecule has 1 N–H and O–H groups in total. The summed E-state index contributed by atoms with van der Waals surface area (Å²) in [6, 6.07) is 5.06. The number of aliphatic hydroxyl groups excluding tert-OH is 1. The fourth-order valence-electron chi connectivity index (χ4n) is 4.83. The summed E-state index contributed by atoms with van der Waals surface area (Å²) in [4.78, 5) is 42.0. The second kappa shape index (κ2) is 8.02. The third-order valence-electron chi connectivity index (χ3n) is 6.77. The van der Waals surface area contributed by atoms with Gasteiger partial charge in [0.05, 0.1) is 18.1 Å². The molecular formula is C23H30N2O5. The van der Waals surface area contributed by atoms with Crippen molar-refractivity contribution >= 4 is 17.6 Å². The van der Waals surface area contributed by atoms with Crippen molar-refractivity contribution in [2.45, 2.75) is 70.1 Å². The number of aliphatic hydroxyl groups is 1. The van der Waals surface area contributed by atoms with Gasteiger partial charge in [0.2, 0.25) is 11.8 Å². The molecule has 3 aliphatic rings. The third kappa shape index (κ3) is 3.95. The van der Waals surface area contributed by atoms with Gasteiger partial charge in [-0.15, -0.1) is 0 Å². The van der Waals surface area contributed by atoms with Crippen LogP contribution in [0.3, 0.4) is 0 Å². The van der Waals surface area contributed by atoms with Gasteiger partial charge in [-0.3, -0.25) is 14.4 Å². The van der Waals surface area contributed by atoms with Crippen molar-refractivity contribution < 1.29 is 24.2 Å². The molecule has 0 radical (unpaired) electrons. The van der Waals surface area contributed by atoms with Crippen LogP contribution in [-0.4, -0.2) is 69.9 Å². The molecule has 7 heteroatoms. The summed E-state index contributed by atoms with van der Waals surface area (Å²) in [5.41, 5.74) is 0.937. The Balaban J connectivity index is 1.47. The first-order chi connectivity index (χ1) is 14.3. The van der Waals surface area contributed by atoms with E-state index < -0.39 is 11.6 Å². The molecule has 0 aliphatic carbocycles. The van der Waals surface area contributed by atoms with Crippen molar-refractivity contribution in [3.63, 3.8) is 0 Å². The quantitative estimate of drug-likeness (QED) is 0.801. The van der Waals surface area contributed by atoms with Crippen LogP contribution in [-0.2, 0) is 9.59 Å². The van der Waals surface area contributed by atoms with Crippen LogP contribution in [0.2, 0.25) is 0 Å².